The summed E-state index contributed by atoms with van der Waals surface area (Å²) in [6, 6.07) is 21.5. The first-order chi connectivity index (χ1) is 17.6. The highest BCUT2D eigenvalue weighted by Crippen LogP contribution is 2.39. The molecule has 4 aromatic rings. The van der Waals surface area contributed by atoms with Gasteiger partial charge in [0.15, 0.2) is 17.3 Å². The normalized spacial score (nSPS) is 15.1. The third-order valence-corrected chi connectivity index (χ3v) is 6.52. The smallest absolute Gasteiger partial charge is 0.323 e. The topological polar surface area (TPSA) is 85.8 Å². The van der Waals surface area contributed by atoms with Gasteiger partial charge in [0.2, 0.25) is 0 Å². The summed E-state index contributed by atoms with van der Waals surface area (Å²) in [5, 5.41) is 2.93. The lowest BCUT2D eigenvalue weighted by atomic mass is 9.87. The summed E-state index contributed by atoms with van der Waals surface area (Å²) in [7, 11) is 4.78. The number of methoxy groups -OCH3 is 3. The lowest BCUT2D eigenvalue weighted by molar-refractivity contribution is 0.212. The standard InChI is InChI=1S/C28H28N4O4/c1-34-24-15-19-13-14-32(17-21(18-9-5-4-6-10-18)20(19)16-25(24)35-2)28(33)31-26-27(36-3)30-23-12-8-7-11-22(23)29-26/h4-12,15-16,21H,13-14,17H2,1-3H3,(H,29,31,33)/t21-/m1/s1. The number of benzene rings is 3. The van der Waals surface area contributed by atoms with E-state index in [2.05, 4.69) is 27.4 Å². The number of nitrogens with one attached hydrogen (secondary N) is 1. The van der Waals surface area contributed by atoms with Crippen molar-refractivity contribution in [3.05, 3.63) is 83.4 Å². The quantitative estimate of drug-likeness (QED) is 0.435. The summed E-state index contributed by atoms with van der Waals surface area (Å²) in [6.07, 6.45) is 0.674. The van der Waals surface area contributed by atoms with Crippen molar-refractivity contribution in [2.24, 2.45) is 0 Å². The van der Waals surface area contributed by atoms with Gasteiger partial charge in [-0.3, -0.25) is 5.32 Å². The molecule has 8 nitrogen and oxygen atoms in total. The van der Waals surface area contributed by atoms with E-state index >= 15 is 0 Å². The minimum Gasteiger partial charge on any atom is -0.493 e. The molecule has 8 heteroatoms. The van der Waals surface area contributed by atoms with E-state index in [0.29, 0.717) is 47.9 Å². The predicted molar refractivity (Wildman–Crippen MR) is 138 cm³/mol. The third kappa shape index (κ3) is 4.49. The van der Waals surface area contributed by atoms with Crippen LogP contribution in [0.3, 0.4) is 0 Å². The number of carbonyl (C=O) groups excluding carboxylic acids is 1. The van der Waals surface area contributed by atoms with Crippen LogP contribution in [-0.4, -0.2) is 55.3 Å². The number of amides is 2. The lowest BCUT2D eigenvalue weighted by Gasteiger charge is -2.26. The number of fused-ring (bicyclic) bond motifs is 2. The van der Waals surface area contributed by atoms with E-state index in [-0.39, 0.29) is 17.8 Å². The van der Waals surface area contributed by atoms with Gasteiger partial charge in [-0.05, 0) is 47.4 Å². The first-order valence-electron chi connectivity index (χ1n) is 11.8. The molecule has 0 aliphatic carbocycles. The van der Waals surface area contributed by atoms with Crippen LogP contribution in [-0.2, 0) is 6.42 Å². The Bertz CT molecular complexity index is 1390. The van der Waals surface area contributed by atoms with Crippen molar-refractivity contribution in [1.82, 2.24) is 14.9 Å². The van der Waals surface area contributed by atoms with E-state index < -0.39 is 0 Å². The van der Waals surface area contributed by atoms with Crippen LogP contribution in [0, 0.1) is 0 Å². The number of ether oxygens (including phenoxy) is 3. The van der Waals surface area contributed by atoms with Gasteiger partial charge >= 0.3 is 6.03 Å². The van der Waals surface area contributed by atoms with Crippen LogP contribution in [0.1, 0.15) is 22.6 Å². The fraction of sp³-hybridized carbons (Fsp3) is 0.250. The zero-order chi connectivity index (χ0) is 25.1. The Hall–Kier alpha value is -4.33. The number of hydrogen-bond acceptors (Lipinski definition) is 6. The molecule has 0 fully saturated rings. The SMILES string of the molecule is COc1cc2c(cc1OC)[C@@H](c1ccccc1)CN(C(=O)Nc1nc3ccccc3nc1OC)CC2. The molecular formula is C28H28N4O4. The Morgan fingerprint density at radius 3 is 2.25 bits per heavy atom. The second-order valence-electron chi connectivity index (χ2n) is 8.57. The zero-order valence-electron chi connectivity index (χ0n) is 20.5. The van der Waals surface area contributed by atoms with E-state index in [1.54, 1.807) is 14.2 Å². The first kappa shape index (κ1) is 23.4. The summed E-state index contributed by atoms with van der Waals surface area (Å²) in [6.45, 7) is 1.02. The second kappa shape index (κ2) is 10.1. The van der Waals surface area contributed by atoms with E-state index in [4.69, 9.17) is 14.2 Å². The molecule has 2 amide bonds. The van der Waals surface area contributed by atoms with Crippen molar-refractivity contribution >= 4 is 22.9 Å². The molecular weight excluding hydrogens is 456 g/mol. The monoisotopic (exact) mass is 484 g/mol. The minimum atomic E-state index is -0.259. The molecule has 2 heterocycles. The maximum atomic E-state index is 13.5. The summed E-state index contributed by atoms with van der Waals surface area (Å²) < 4.78 is 16.6. The highest BCUT2D eigenvalue weighted by molar-refractivity contribution is 5.91. The molecule has 0 saturated carbocycles. The van der Waals surface area contributed by atoms with Crippen molar-refractivity contribution < 1.29 is 19.0 Å². The number of rotatable bonds is 5. The van der Waals surface area contributed by atoms with Crippen LogP contribution in [0.25, 0.3) is 11.0 Å². The van der Waals surface area contributed by atoms with E-state index in [0.717, 1.165) is 16.7 Å². The number of para-hydroxylation sites is 2. The van der Waals surface area contributed by atoms with E-state index in [1.165, 1.54) is 7.11 Å². The van der Waals surface area contributed by atoms with Crippen molar-refractivity contribution in [3.63, 3.8) is 0 Å². The van der Waals surface area contributed by atoms with E-state index in [1.807, 2.05) is 59.5 Å². The number of carbonyl (C=O) groups is 1. The predicted octanol–water partition coefficient (Wildman–Crippen LogP) is 4.88. The second-order valence-corrected chi connectivity index (χ2v) is 8.57. The van der Waals surface area contributed by atoms with Crippen molar-refractivity contribution in [1.29, 1.82) is 0 Å². The number of anilines is 1. The van der Waals surface area contributed by atoms with E-state index in [9.17, 15) is 4.79 Å². The average Bonchev–Trinajstić information content (AvgIpc) is 3.11. The van der Waals surface area contributed by atoms with Crippen LogP contribution < -0.4 is 19.5 Å². The Labute approximate surface area is 209 Å². The molecule has 1 N–H and O–H groups in total. The van der Waals surface area contributed by atoms with Crippen LogP contribution in [0.5, 0.6) is 17.4 Å². The van der Waals surface area contributed by atoms with Gasteiger partial charge < -0.3 is 19.1 Å². The fourth-order valence-corrected chi connectivity index (χ4v) is 4.69. The number of nitrogens with zero attached hydrogens (tertiary/aromatic N) is 3. The summed E-state index contributed by atoms with van der Waals surface area (Å²) in [5.74, 6) is 1.87. The molecule has 0 bridgehead atoms. The van der Waals surface area contributed by atoms with Gasteiger partial charge in [0.25, 0.3) is 5.88 Å². The van der Waals surface area contributed by atoms with Gasteiger partial charge in [0.1, 0.15) is 0 Å². The molecule has 1 aliphatic heterocycles. The molecule has 1 aliphatic rings. The summed E-state index contributed by atoms with van der Waals surface area (Å²) in [5.41, 5.74) is 4.74. The number of hydrogen-bond donors (Lipinski definition) is 1. The number of urea groups is 1. The highest BCUT2D eigenvalue weighted by atomic mass is 16.5. The maximum Gasteiger partial charge on any atom is 0.323 e. The molecule has 0 radical (unpaired) electrons. The molecule has 0 unspecified atom stereocenters. The van der Waals surface area contributed by atoms with Crippen molar-refractivity contribution in [2.75, 3.05) is 39.7 Å². The van der Waals surface area contributed by atoms with Crippen LogP contribution in [0.2, 0.25) is 0 Å². The van der Waals surface area contributed by atoms with Gasteiger partial charge in [0, 0.05) is 19.0 Å². The molecule has 3 aromatic carbocycles. The summed E-state index contributed by atoms with van der Waals surface area (Å²) in [4.78, 5) is 24.4. The fourth-order valence-electron chi connectivity index (χ4n) is 4.69. The average molecular weight is 485 g/mol. The van der Waals surface area contributed by atoms with Gasteiger partial charge in [-0.15, -0.1) is 0 Å². The molecule has 1 atom stereocenters. The van der Waals surface area contributed by atoms with Gasteiger partial charge in [-0.1, -0.05) is 42.5 Å². The van der Waals surface area contributed by atoms with Crippen LogP contribution in [0.4, 0.5) is 10.6 Å². The molecule has 5 rings (SSSR count). The molecule has 36 heavy (non-hydrogen) atoms. The van der Waals surface area contributed by atoms with Gasteiger partial charge in [-0.25, -0.2) is 14.8 Å². The first-order valence-corrected chi connectivity index (χ1v) is 11.8. The number of aromatic nitrogens is 2. The van der Waals surface area contributed by atoms with Crippen LogP contribution in [0.15, 0.2) is 66.7 Å². The Kier molecular flexibility index (Phi) is 6.58. The highest BCUT2D eigenvalue weighted by Gasteiger charge is 2.29. The summed E-state index contributed by atoms with van der Waals surface area (Å²) >= 11 is 0. The van der Waals surface area contributed by atoms with Gasteiger partial charge in [0.05, 0.1) is 32.4 Å². The maximum absolute atomic E-state index is 13.5. The minimum absolute atomic E-state index is 0.0427. The van der Waals surface area contributed by atoms with Crippen LogP contribution >= 0.6 is 0 Å². The zero-order valence-corrected chi connectivity index (χ0v) is 20.5. The molecule has 0 spiro atoms. The molecule has 0 saturated heterocycles. The molecule has 1 aromatic heterocycles. The third-order valence-electron chi connectivity index (χ3n) is 6.52. The molecule has 184 valence electrons. The van der Waals surface area contributed by atoms with Gasteiger partial charge in [-0.2, -0.15) is 0 Å². The van der Waals surface area contributed by atoms with Crippen molar-refractivity contribution in [2.45, 2.75) is 12.3 Å². The Morgan fingerprint density at radius 2 is 1.56 bits per heavy atom. The lowest BCUT2D eigenvalue weighted by Crippen LogP contribution is -2.38. The largest absolute Gasteiger partial charge is 0.493 e. The van der Waals surface area contributed by atoms with Crippen molar-refractivity contribution in [3.8, 4) is 17.4 Å². The Balaban J connectivity index is 1.49. The Morgan fingerprint density at radius 1 is 0.889 bits per heavy atom.